The molecule has 4 rings (SSSR count). The summed E-state index contributed by atoms with van der Waals surface area (Å²) >= 11 is 0. The third-order valence-electron chi connectivity index (χ3n) is 5.36. The first-order valence-electron chi connectivity index (χ1n) is 9.99. The lowest BCUT2D eigenvalue weighted by Gasteiger charge is -2.08. The average molecular weight is 351 g/mol. The molecule has 0 heteroatoms. The number of benzene rings is 4. The third kappa shape index (κ3) is 3.80. The molecule has 4 aromatic rings. The van der Waals surface area contributed by atoms with Gasteiger partial charge < -0.3 is 0 Å². The van der Waals surface area contributed by atoms with Crippen molar-refractivity contribution in [2.75, 3.05) is 0 Å². The second kappa shape index (κ2) is 7.80. The van der Waals surface area contributed by atoms with E-state index in [2.05, 4.69) is 98.8 Å². The Morgan fingerprint density at radius 3 is 1.59 bits per heavy atom. The lowest BCUT2D eigenvalue weighted by atomic mass is 9.97. The van der Waals surface area contributed by atoms with Gasteiger partial charge in [0.25, 0.3) is 0 Å². The first kappa shape index (κ1) is 17.5. The van der Waals surface area contributed by atoms with Gasteiger partial charge in [-0.15, -0.1) is 0 Å². The SMILES string of the molecule is CCCc1ccc2cc(-c3ccc(-c4ccc(CC)cc4)cc3)ccc2c1. The van der Waals surface area contributed by atoms with E-state index >= 15 is 0 Å². The monoisotopic (exact) mass is 350 g/mol. The fourth-order valence-electron chi connectivity index (χ4n) is 3.71. The average Bonchev–Trinajstić information content (AvgIpc) is 2.74. The summed E-state index contributed by atoms with van der Waals surface area (Å²) in [6, 6.07) is 31.4. The minimum atomic E-state index is 1.08. The fraction of sp³-hybridized carbons (Fsp3) is 0.185. The van der Waals surface area contributed by atoms with E-state index in [0.29, 0.717) is 0 Å². The zero-order chi connectivity index (χ0) is 18.6. The number of hydrogen-bond acceptors (Lipinski definition) is 0. The van der Waals surface area contributed by atoms with E-state index in [9.17, 15) is 0 Å². The molecule has 0 saturated heterocycles. The molecule has 0 atom stereocenters. The molecule has 0 heterocycles. The van der Waals surface area contributed by atoms with Crippen molar-refractivity contribution in [1.29, 1.82) is 0 Å². The second-order valence-corrected chi connectivity index (χ2v) is 7.27. The van der Waals surface area contributed by atoms with Crippen molar-refractivity contribution in [3.05, 3.63) is 96.1 Å². The quantitative estimate of drug-likeness (QED) is 0.346. The zero-order valence-electron chi connectivity index (χ0n) is 16.2. The minimum Gasteiger partial charge on any atom is -0.0651 e. The van der Waals surface area contributed by atoms with Crippen molar-refractivity contribution < 1.29 is 0 Å². The van der Waals surface area contributed by atoms with Crippen molar-refractivity contribution in [2.45, 2.75) is 33.1 Å². The topological polar surface area (TPSA) is 0 Å². The summed E-state index contributed by atoms with van der Waals surface area (Å²) in [6.07, 6.45) is 3.43. The number of hydrogen-bond donors (Lipinski definition) is 0. The molecule has 0 aliphatic carbocycles. The lowest BCUT2D eigenvalue weighted by Crippen LogP contribution is -1.85. The molecule has 0 amide bonds. The van der Waals surface area contributed by atoms with E-state index in [1.807, 2.05) is 0 Å². The van der Waals surface area contributed by atoms with Gasteiger partial charge in [0.1, 0.15) is 0 Å². The Bertz CT molecular complexity index is 1040. The molecule has 0 aliphatic rings. The van der Waals surface area contributed by atoms with Gasteiger partial charge in [-0.1, -0.05) is 99.1 Å². The zero-order valence-corrected chi connectivity index (χ0v) is 16.2. The summed E-state index contributed by atoms with van der Waals surface area (Å²) in [5.74, 6) is 0. The Balaban J connectivity index is 1.61. The van der Waals surface area contributed by atoms with Crippen LogP contribution in [0.25, 0.3) is 33.0 Å². The highest BCUT2D eigenvalue weighted by Gasteiger charge is 2.03. The van der Waals surface area contributed by atoms with E-state index in [0.717, 1.165) is 12.8 Å². The van der Waals surface area contributed by atoms with E-state index in [1.54, 1.807) is 0 Å². The van der Waals surface area contributed by atoms with Crippen LogP contribution in [0, 0.1) is 0 Å². The van der Waals surface area contributed by atoms with E-state index in [1.165, 1.54) is 50.6 Å². The maximum Gasteiger partial charge on any atom is -0.0178 e. The van der Waals surface area contributed by atoms with Gasteiger partial charge in [0, 0.05) is 0 Å². The van der Waals surface area contributed by atoms with Crippen LogP contribution in [0.4, 0.5) is 0 Å². The molecule has 27 heavy (non-hydrogen) atoms. The van der Waals surface area contributed by atoms with Gasteiger partial charge in [0.15, 0.2) is 0 Å². The van der Waals surface area contributed by atoms with E-state index < -0.39 is 0 Å². The second-order valence-electron chi connectivity index (χ2n) is 7.27. The third-order valence-corrected chi connectivity index (χ3v) is 5.36. The van der Waals surface area contributed by atoms with Crippen molar-refractivity contribution in [3.8, 4) is 22.3 Å². The van der Waals surface area contributed by atoms with Crippen LogP contribution in [0.3, 0.4) is 0 Å². The molecule has 0 aliphatic heterocycles. The summed E-state index contributed by atoms with van der Waals surface area (Å²) in [5.41, 5.74) is 7.90. The molecule has 0 spiro atoms. The first-order valence-corrected chi connectivity index (χ1v) is 9.99. The molecule has 0 fully saturated rings. The van der Waals surface area contributed by atoms with E-state index in [-0.39, 0.29) is 0 Å². The molecular formula is C27H26. The Morgan fingerprint density at radius 1 is 0.481 bits per heavy atom. The summed E-state index contributed by atoms with van der Waals surface area (Å²) in [7, 11) is 0. The molecule has 0 bridgehead atoms. The number of aryl methyl sites for hydroxylation is 2. The predicted molar refractivity (Wildman–Crippen MR) is 118 cm³/mol. The van der Waals surface area contributed by atoms with Crippen LogP contribution in [-0.2, 0) is 12.8 Å². The summed E-state index contributed by atoms with van der Waals surface area (Å²) in [6.45, 7) is 4.42. The van der Waals surface area contributed by atoms with Gasteiger partial charge in [0.05, 0.1) is 0 Å². The molecule has 0 N–H and O–H groups in total. The molecular weight excluding hydrogens is 324 g/mol. The molecule has 4 aromatic carbocycles. The fourth-order valence-corrected chi connectivity index (χ4v) is 3.71. The molecule has 0 radical (unpaired) electrons. The van der Waals surface area contributed by atoms with Crippen LogP contribution < -0.4 is 0 Å². The normalized spacial score (nSPS) is 11.0. The summed E-state index contributed by atoms with van der Waals surface area (Å²) in [5, 5.41) is 2.64. The van der Waals surface area contributed by atoms with Gasteiger partial charge in [0.2, 0.25) is 0 Å². The van der Waals surface area contributed by atoms with Gasteiger partial charge in [-0.05, 0) is 63.1 Å². The summed E-state index contributed by atoms with van der Waals surface area (Å²) in [4.78, 5) is 0. The summed E-state index contributed by atoms with van der Waals surface area (Å²) < 4.78 is 0. The van der Waals surface area contributed by atoms with Crippen molar-refractivity contribution >= 4 is 10.8 Å². The van der Waals surface area contributed by atoms with Crippen molar-refractivity contribution in [1.82, 2.24) is 0 Å². The molecule has 0 saturated carbocycles. The van der Waals surface area contributed by atoms with Gasteiger partial charge in [-0.25, -0.2) is 0 Å². The predicted octanol–water partition coefficient (Wildman–Crippen LogP) is 7.69. The standard InChI is InChI=1S/C27H26/c1-3-5-21-8-11-27-19-26(17-16-25(27)18-21)24-14-12-23(13-15-24)22-9-6-20(4-2)7-10-22/h6-19H,3-5H2,1-2H3. The Hall–Kier alpha value is -2.86. The van der Waals surface area contributed by atoms with Crippen molar-refractivity contribution in [3.63, 3.8) is 0 Å². The first-order chi connectivity index (χ1) is 13.3. The molecule has 0 aromatic heterocycles. The van der Waals surface area contributed by atoms with E-state index in [4.69, 9.17) is 0 Å². The number of fused-ring (bicyclic) bond motifs is 1. The minimum absolute atomic E-state index is 1.08. The van der Waals surface area contributed by atoms with Gasteiger partial charge >= 0.3 is 0 Å². The van der Waals surface area contributed by atoms with Crippen molar-refractivity contribution in [2.24, 2.45) is 0 Å². The smallest absolute Gasteiger partial charge is 0.0178 e. The number of rotatable bonds is 5. The molecule has 0 nitrogen and oxygen atoms in total. The highest BCUT2D eigenvalue weighted by Crippen LogP contribution is 2.28. The Labute approximate surface area is 162 Å². The van der Waals surface area contributed by atoms with Crippen LogP contribution in [-0.4, -0.2) is 0 Å². The Morgan fingerprint density at radius 2 is 0.963 bits per heavy atom. The maximum atomic E-state index is 2.33. The van der Waals surface area contributed by atoms with Crippen LogP contribution in [0.15, 0.2) is 84.9 Å². The maximum absolute atomic E-state index is 2.33. The van der Waals surface area contributed by atoms with Gasteiger partial charge in [-0.3, -0.25) is 0 Å². The van der Waals surface area contributed by atoms with Crippen LogP contribution in [0.2, 0.25) is 0 Å². The van der Waals surface area contributed by atoms with Crippen LogP contribution in [0.1, 0.15) is 31.4 Å². The highest BCUT2D eigenvalue weighted by atomic mass is 14.1. The Kier molecular flexibility index (Phi) is 5.07. The lowest BCUT2D eigenvalue weighted by molar-refractivity contribution is 0.924. The van der Waals surface area contributed by atoms with Crippen LogP contribution in [0.5, 0.6) is 0 Å². The van der Waals surface area contributed by atoms with Gasteiger partial charge in [-0.2, -0.15) is 0 Å². The largest absolute Gasteiger partial charge is 0.0651 e. The van der Waals surface area contributed by atoms with Crippen LogP contribution >= 0.6 is 0 Å². The highest BCUT2D eigenvalue weighted by molar-refractivity contribution is 5.88. The molecule has 0 unspecified atom stereocenters. The molecule has 134 valence electrons.